The summed E-state index contributed by atoms with van der Waals surface area (Å²) in [5.74, 6) is -2.45. The van der Waals surface area contributed by atoms with Gasteiger partial charge in [-0.15, -0.1) is 0 Å². The molecule has 3 aromatic rings. The minimum absolute atomic E-state index is 0.128. The number of hydrogen-bond donors (Lipinski definition) is 1. The van der Waals surface area contributed by atoms with Gasteiger partial charge in [0.25, 0.3) is 21.6 Å². The van der Waals surface area contributed by atoms with Crippen LogP contribution in [0.2, 0.25) is 5.02 Å². The summed E-state index contributed by atoms with van der Waals surface area (Å²) in [7, 11) is -2.92. The quantitative estimate of drug-likeness (QED) is 0.408. The predicted octanol–water partition coefficient (Wildman–Crippen LogP) is 4.60. The number of nitro groups is 1. The molecular formula is C20H14ClF2N3O5S. The molecule has 0 aliphatic rings. The van der Waals surface area contributed by atoms with E-state index in [2.05, 4.69) is 5.32 Å². The third-order valence-corrected chi connectivity index (χ3v) is 6.55. The second-order valence-electron chi connectivity index (χ2n) is 6.47. The van der Waals surface area contributed by atoms with Gasteiger partial charge in [-0.3, -0.25) is 19.2 Å². The predicted molar refractivity (Wildman–Crippen MR) is 114 cm³/mol. The molecule has 3 aromatic carbocycles. The molecule has 0 unspecified atom stereocenters. The van der Waals surface area contributed by atoms with Crippen LogP contribution in [0.1, 0.15) is 10.4 Å². The van der Waals surface area contributed by atoms with Gasteiger partial charge in [-0.05, 0) is 48.5 Å². The van der Waals surface area contributed by atoms with E-state index in [-0.39, 0.29) is 21.2 Å². The first kappa shape index (κ1) is 23.1. The van der Waals surface area contributed by atoms with E-state index in [1.165, 1.54) is 31.3 Å². The summed E-state index contributed by atoms with van der Waals surface area (Å²) >= 11 is 6.03. The molecule has 0 fully saturated rings. The average Bonchev–Trinajstić information content (AvgIpc) is 2.75. The highest BCUT2D eigenvalue weighted by atomic mass is 35.5. The van der Waals surface area contributed by atoms with E-state index < -0.39 is 43.9 Å². The van der Waals surface area contributed by atoms with Gasteiger partial charge in [-0.2, -0.15) is 0 Å². The summed E-state index contributed by atoms with van der Waals surface area (Å²) in [6.07, 6.45) is 0. The van der Waals surface area contributed by atoms with Gasteiger partial charge in [-0.1, -0.05) is 11.6 Å². The topological polar surface area (TPSA) is 110 Å². The van der Waals surface area contributed by atoms with Crippen LogP contribution in [0.3, 0.4) is 0 Å². The summed E-state index contributed by atoms with van der Waals surface area (Å²) in [5.41, 5.74) is -1.06. The van der Waals surface area contributed by atoms with Gasteiger partial charge in [0.15, 0.2) is 0 Å². The molecule has 0 saturated carbocycles. The zero-order valence-electron chi connectivity index (χ0n) is 16.3. The number of nitro benzene ring substituents is 1. The number of halogens is 3. The number of rotatable bonds is 6. The van der Waals surface area contributed by atoms with Crippen LogP contribution in [0.4, 0.5) is 25.8 Å². The number of benzene rings is 3. The lowest BCUT2D eigenvalue weighted by Crippen LogP contribution is -2.27. The highest BCUT2D eigenvalue weighted by Crippen LogP contribution is 2.27. The van der Waals surface area contributed by atoms with Crippen molar-refractivity contribution in [3.8, 4) is 0 Å². The molecule has 12 heteroatoms. The second-order valence-corrected chi connectivity index (χ2v) is 8.84. The third kappa shape index (κ3) is 4.68. The Labute approximate surface area is 186 Å². The van der Waals surface area contributed by atoms with E-state index in [1.54, 1.807) is 0 Å². The van der Waals surface area contributed by atoms with Crippen LogP contribution >= 0.6 is 11.6 Å². The van der Waals surface area contributed by atoms with Crippen molar-refractivity contribution in [1.29, 1.82) is 0 Å². The second kappa shape index (κ2) is 8.89. The van der Waals surface area contributed by atoms with E-state index in [1.807, 2.05) is 0 Å². The highest BCUT2D eigenvalue weighted by Gasteiger charge is 2.24. The zero-order chi connectivity index (χ0) is 23.6. The minimum Gasteiger partial charge on any atom is -0.319 e. The number of nitrogens with one attached hydrogen (secondary N) is 1. The Balaban J connectivity index is 1.95. The van der Waals surface area contributed by atoms with Gasteiger partial charge in [-0.25, -0.2) is 17.2 Å². The molecule has 0 saturated heterocycles. The summed E-state index contributed by atoms with van der Waals surface area (Å²) in [4.78, 5) is 22.5. The molecule has 0 aromatic heterocycles. The van der Waals surface area contributed by atoms with Crippen LogP contribution in [0.5, 0.6) is 0 Å². The smallest absolute Gasteiger partial charge is 0.271 e. The summed E-state index contributed by atoms with van der Waals surface area (Å²) in [6, 6.07) is 10.6. The Morgan fingerprint density at radius 3 is 2.34 bits per heavy atom. The van der Waals surface area contributed by atoms with Crippen LogP contribution in [0.25, 0.3) is 0 Å². The molecule has 0 radical (unpaired) electrons. The standard InChI is InChI=1S/C20H14ClF2N3O5S/c1-25(13-4-2-12(22)3-5-13)32(30,31)15-7-8-17(21)16(11-15)20(27)24-19-10-14(26(28)29)6-9-18(19)23/h2-11H,1H3,(H,24,27). The fourth-order valence-electron chi connectivity index (χ4n) is 2.70. The molecule has 3 rings (SSSR count). The van der Waals surface area contributed by atoms with Crippen molar-refractivity contribution in [3.05, 3.63) is 93.0 Å². The number of sulfonamides is 1. The van der Waals surface area contributed by atoms with Gasteiger partial charge in [0.05, 0.1) is 31.8 Å². The lowest BCUT2D eigenvalue weighted by atomic mass is 10.2. The minimum atomic E-state index is -4.17. The van der Waals surface area contributed by atoms with Crippen LogP contribution in [0, 0.1) is 21.7 Å². The van der Waals surface area contributed by atoms with E-state index in [0.717, 1.165) is 40.7 Å². The maximum absolute atomic E-state index is 14.0. The van der Waals surface area contributed by atoms with Gasteiger partial charge in [0.2, 0.25) is 0 Å². The molecule has 0 aliphatic heterocycles. The number of anilines is 2. The van der Waals surface area contributed by atoms with E-state index >= 15 is 0 Å². The average molecular weight is 482 g/mol. The molecule has 8 nitrogen and oxygen atoms in total. The molecule has 32 heavy (non-hydrogen) atoms. The monoisotopic (exact) mass is 481 g/mol. The fraction of sp³-hybridized carbons (Fsp3) is 0.0500. The maximum atomic E-state index is 14.0. The van der Waals surface area contributed by atoms with Crippen molar-refractivity contribution in [2.75, 3.05) is 16.7 Å². The van der Waals surface area contributed by atoms with Crippen molar-refractivity contribution in [3.63, 3.8) is 0 Å². The summed E-state index contributed by atoms with van der Waals surface area (Å²) in [5, 5.41) is 12.9. The normalized spacial score (nSPS) is 11.1. The largest absolute Gasteiger partial charge is 0.319 e. The first-order valence-electron chi connectivity index (χ1n) is 8.80. The zero-order valence-corrected chi connectivity index (χ0v) is 17.8. The van der Waals surface area contributed by atoms with E-state index in [0.29, 0.717) is 0 Å². The third-order valence-electron chi connectivity index (χ3n) is 4.44. The van der Waals surface area contributed by atoms with E-state index in [4.69, 9.17) is 11.6 Å². The molecule has 1 N–H and O–H groups in total. The Hall–Kier alpha value is -3.57. The number of amides is 1. The Kier molecular flexibility index (Phi) is 6.42. The molecule has 1 amide bonds. The number of carbonyl (C=O) groups excluding carboxylic acids is 1. The summed E-state index contributed by atoms with van der Waals surface area (Å²) < 4.78 is 53.9. The number of carbonyl (C=O) groups is 1. The van der Waals surface area contributed by atoms with Gasteiger partial charge in [0, 0.05) is 19.2 Å². The lowest BCUT2D eigenvalue weighted by molar-refractivity contribution is -0.384. The van der Waals surface area contributed by atoms with Crippen molar-refractivity contribution in [1.82, 2.24) is 0 Å². The number of nitrogens with zero attached hydrogens (tertiary/aromatic N) is 2. The number of non-ortho nitro benzene ring substituents is 1. The Morgan fingerprint density at radius 1 is 1.06 bits per heavy atom. The van der Waals surface area contributed by atoms with Gasteiger partial charge >= 0.3 is 0 Å². The first-order chi connectivity index (χ1) is 15.0. The van der Waals surface area contributed by atoms with Crippen LogP contribution in [-0.2, 0) is 10.0 Å². The van der Waals surface area contributed by atoms with Crippen molar-refractivity contribution in [2.24, 2.45) is 0 Å². The molecule has 0 spiro atoms. The molecule has 0 bridgehead atoms. The van der Waals surface area contributed by atoms with Crippen LogP contribution < -0.4 is 9.62 Å². The lowest BCUT2D eigenvalue weighted by Gasteiger charge is -2.20. The molecule has 0 heterocycles. The van der Waals surface area contributed by atoms with Crippen molar-refractivity contribution < 1.29 is 26.9 Å². The van der Waals surface area contributed by atoms with Crippen LogP contribution in [0.15, 0.2) is 65.6 Å². The van der Waals surface area contributed by atoms with Crippen molar-refractivity contribution in [2.45, 2.75) is 4.90 Å². The Bertz CT molecular complexity index is 1320. The van der Waals surface area contributed by atoms with Gasteiger partial charge in [0.1, 0.15) is 11.6 Å². The van der Waals surface area contributed by atoms with Crippen LogP contribution in [-0.4, -0.2) is 26.3 Å². The summed E-state index contributed by atoms with van der Waals surface area (Å²) in [6.45, 7) is 0. The van der Waals surface area contributed by atoms with E-state index in [9.17, 15) is 32.1 Å². The molecule has 166 valence electrons. The van der Waals surface area contributed by atoms with Gasteiger partial charge < -0.3 is 5.32 Å². The maximum Gasteiger partial charge on any atom is 0.271 e. The Morgan fingerprint density at radius 2 is 1.72 bits per heavy atom. The SMILES string of the molecule is CN(c1ccc(F)cc1)S(=O)(=O)c1ccc(Cl)c(C(=O)Nc2cc([N+](=O)[O-])ccc2F)c1. The van der Waals surface area contributed by atoms with Crippen molar-refractivity contribution >= 4 is 44.6 Å². The number of hydrogen-bond acceptors (Lipinski definition) is 5. The first-order valence-corrected chi connectivity index (χ1v) is 10.6. The molecular weight excluding hydrogens is 468 g/mol. The highest BCUT2D eigenvalue weighted by molar-refractivity contribution is 7.92. The molecule has 0 atom stereocenters. The fourth-order valence-corrected chi connectivity index (χ4v) is 4.12. The molecule has 0 aliphatic carbocycles.